The van der Waals surface area contributed by atoms with E-state index in [0.29, 0.717) is 0 Å². The Hall–Kier alpha value is -1.16. The molecule has 4 nitrogen and oxygen atoms in total. The summed E-state index contributed by atoms with van der Waals surface area (Å²) in [6.45, 7) is 7.15. The smallest absolute Gasteiger partial charge is 0.150 e. The third kappa shape index (κ3) is 4.25. The van der Waals surface area contributed by atoms with Crippen LogP contribution >= 0.6 is 0 Å². The molecule has 1 N–H and O–H groups in total. The lowest BCUT2D eigenvalue weighted by Crippen LogP contribution is -2.35. The van der Waals surface area contributed by atoms with E-state index in [1.165, 1.54) is 0 Å². The van der Waals surface area contributed by atoms with E-state index in [1.807, 2.05) is 31.1 Å². The zero-order valence-corrected chi connectivity index (χ0v) is 10.2. The van der Waals surface area contributed by atoms with Gasteiger partial charge in [0.1, 0.15) is 0 Å². The lowest BCUT2D eigenvalue weighted by molar-refractivity contribution is 0.420. The Kier molecular flexibility index (Phi) is 3.63. The standard InChI is InChI=1S/C11H20N4/c1-11(2,3)12-8-9-6-7-10(14-13-9)15(4)5/h6-7,12H,8H2,1-5H3. The molecule has 1 rings (SSSR count). The fraction of sp³-hybridized carbons (Fsp3) is 0.636. The first-order chi connectivity index (χ1) is 6.88. The molecular formula is C11H20N4. The number of hydrogen-bond donors (Lipinski definition) is 1. The van der Waals surface area contributed by atoms with Gasteiger partial charge in [-0.15, -0.1) is 5.10 Å². The van der Waals surface area contributed by atoms with Crippen LogP contribution in [0, 0.1) is 0 Å². The summed E-state index contributed by atoms with van der Waals surface area (Å²) in [4.78, 5) is 1.94. The van der Waals surface area contributed by atoms with E-state index in [1.54, 1.807) is 0 Å². The Bertz CT molecular complexity index is 297. The van der Waals surface area contributed by atoms with Crippen molar-refractivity contribution < 1.29 is 0 Å². The third-order valence-electron chi connectivity index (χ3n) is 1.96. The highest BCUT2D eigenvalue weighted by Crippen LogP contribution is 2.06. The maximum absolute atomic E-state index is 4.15. The van der Waals surface area contributed by atoms with Crippen molar-refractivity contribution in [3.05, 3.63) is 17.8 Å². The molecule has 1 heterocycles. The fourth-order valence-electron chi connectivity index (χ4n) is 1.04. The average molecular weight is 208 g/mol. The second-order valence-corrected chi connectivity index (χ2v) is 4.88. The summed E-state index contributed by atoms with van der Waals surface area (Å²) < 4.78 is 0. The summed E-state index contributed by atoms with van der Waals surface area (Å²) >= 11 is 0. The van der Waals surface area contributed by atoms with Crippen LogP contribution in [0.15, 0.2) is 12.1 Å². The fourth-order valence-corrected chi connectivity index (χ4v) is 1.04. The number of hydrogen-bond acceptors (Lipinski definition) is 4. The maximum atomic E-state index is 4.15. The van der Waals surface area contributed by atoms with Gasteiger partial charge in [-0.1, -0.05) is 0 Å². The lowest BCUT2D eigenvalue weighted by atomic mass is 10.1. The summed E-state index contributed by atoms with van der Waals surface area (Å²) in [7, 11) is 3.91. The molecule has 0 spiro atoms. The van der Waals surface area contributed by atoms with E-state index in [-0.39, 0.29) is 5.54 Å². The van der Waals surface area contributed by atoms with Gasteiger partial charge in [0.25, 0.3) is 0 Å². The first-order valence-corrected chi connectivity index (χ1v) is 5.13. The van der Waals surface area contributed by atoms with Crippen LogP contribution in [0.2, 0.25) is 0 Å². The molecule has 0 aromatic carbocycles. The first-order valence-electron chi connectivity index (χ1n) is 5.13. The zero-order valence-electron chi connectivity index (χ0n) is 10.2. The van der Waals surface area contributed by atoms with E-state index in [4.69, 9.17) is 0 Å². The van der Waals surface area contributed by atoms with Gasteiger partial charge in [0, 0.05) is 26.2 Å². The Balaban J connectivity index is 2.57. The van der Waals surface area contributed by atoms with Crippen molar-refractivity contribution >= 4 is 5.82 Å². The molecule has 0 aliphatic heterocycles. The quantitative estimate of drug-likeness (QED) is 0.816. The number of nitrogens with zero attached hydrogens (tertiary/aromatic N) is 3. The van der Waals surface area contributed by atoms with Crippen LogP contribution in [0.1, 0.15) is 26.5 Å². The van der Waals surface area contributed by atoms with Gasteiger partial charge >= 0.3 is 0 Å². The Morgan fingerprint density at radius 1 is 1.20 bits per heavy atom. The summed E-state index contributed by atoms with van der Waals surface area (Å²) in [6, 6.07) is 3.98. The Morgan fingerprint density at radius 2 is 1.87 bits per heavy atom. The van der Waals surface area contributed by atoms with E-state index in [9.17, 15) is 0 Å². The lowest BCUT2D eigenvalue weighted by Gasteiger charge is -2.20. The Labute approximate surface area is 91.7 Å². The van der Waals surface area contributed by atoms with Gasteiger partial charge in [-0.05, 0) is 32.9 Å². The zero-order chi connectivity index (χ0) is 11.5. The summed E-state index contributed by atoms with van der Waals surface area (Å²) in [5.74, 6) is 0.884. The molecule has 4 heteroatoms. The van der Waals surface area contributed by atoms with Crippen molar-refractivity contribution in [2.75, 3.05) is 19.0 Å². The van der Waals surface area contributed by atoms with Crippen molar-refractivity contribution in [2.24, 2.45) is 0 Å². The first kappa shape index (κ1) is 11.9. The SMILES string of the molecule is CN(C)c1ccc(CNC(C)(C)C)nn1. The number of anilines is 1. The predicted molar refractivity (Wildman–Crippen MR) is 63.0 cm³/mol. The number of nitrogens with one attached hydrogen (secondary N) is 1. The molecule has 15 heavy (non-hydrogen) atoms. The minimum absolute atomic E-state index is 0.113. The number of rotatable bonds is 3. The van der Waals surface area contributed by atoms with Crippen LogP contribution in [0.4, 0.5) is 5.82 Å². The van der Waals surface area contributed by atoms with Gasteiger partial charge in [-0.2, -0.15) is 5.10 Å². The topological polar surface area (TPSA) is 41.0 Å². The van der Waals surface area contributed by atoms with Crippen molar-refractivity contribution in [1.82, 2.24) is 15.5 Å². The highest BCUT2D eigenvalue weighted by molar-refractivity contribution is 5.34. The predicted octanol–water partition coefficient (Wildman–Crippen LogP) is 1.43. The van der Waals surface area contributed by atoms with Crippen molar-refractivity contribution in [2.45, 2.75) is 32.9 Å². The van der Waals surface area contributed by atoms with E-state index in [2.05, 4.69) is 36.3 Å². The molecule has 1 aromatic rings. The molecule has 0 aliphatic rings. The van der Waals surface area contributed by atoms with Crippen LogP contribution < -0.4 is 10.2 Å². The number of aromatic nitrogens is 2. The van der Waals surface area contributed by atoms with E-state index < -0.39 is 0 Å². The summed E-state index contributed by atoms with van der Waals surface area (Å²) in [6.07, 6.45) is 0. The molecule has 1 aromatic heterocycles. The highest BCUT2D eigenvalue weighted by atomic mass is 15.2. The third-order valence-corrected chi connectivity index (χ3v) is 1.96. The second-order valence-electron chi connectivity index (χ2n) is 4.88. The van der Waals surface area contributed by atoms with Crippen LogP contribution in [0.5, 0.6) is 0 Å². The van der Waals surface area contributed by atoms with Crippen molar-refractivity contribution in [1.29, 1.82) is 0 Å². The molecule has 0 aliphatic carbocycles. The van der Waals surface area contributed by atoms with Crippen LogP contribution in [0.25, 0.3) is 0 Å². The normalized spacial score (nSPS) is 11.5. The molecule has 84 valence electrons. The molecule has 0 amide bonds. The van der Waals surface area contributed by atoms with Crippen LogP contribution in [-0.4, -0.2) is 29.8 Å². The molecule has 0 radical (unpaired) electrons. The van der Waals surface area contributed by atoms with Crippen molar-refractivity contribution in [3.8, 4) is 0 Å². The maximum Gasteiger partial charge on any atom is 0.150 e. The Morgan fingerprint density at radius 3 is 2.27 bits per heavy atom. The summed E-state index contributed by atoms with van der Waals surface area (Å²) in [5.41, 5.74) is 1.08. The van der Waals surface area contributed by atoms with E-state index >= 15 is 0 Å². The minimum Gasteiger partial charge on any atom is -0.361 e. The van der Waals surface area contributed by atoms with E-state index in [0.717, 1.165) is 18.1 Å². The largest absolute Gasteiger partial charge is 0.361 e. The van der Waals surface area contributed by atoms with Gasteiger partial charge in [0.05, 0.1) is 5.69 Å². The molecule has 0 atom stereocenters. The molecule has 0 unspecified atom stereocenters. The van der Waals surface area contributed by atoms with Gasteiger partial charge in [-0.3, -0.25) is 0 Å². The van der Waals surface area contributed by atoms with Gasteiger partial charge < -0.3 is 10.2 Å². The van der Waals surface area contributed by atoms with Crippen LogP contribution in [-0.2, 0) is 6.54 Å². The van der Waals surface area contributed by atoms with Crippen molar-refractivity contribution in [3.63, 3.8) is 0 Å². The molecular weight excluding hydrogens is 188 g/mol. The van der Waals surface area contributed by atoms with Gasteiger partial charge in [-0.25, -0.2) is 0 Å². The van der Waals surface area contributed by atoms with Crippen LogP contribution in [0.3, 0.4) is 0 Å². The van der Waals surface area contributed by atoms with Gasteiger partial charge in [0.15, 0.2) is 5.82 Å². The minimum atomic E-state index is 0.113. The molecule has 0 saturated carbocycles. The monoisotopic (exact) mass is 208 g/mol. The molecule has 0 saturated heterocycles. The summed E-state index contributed by atoms with van der Waals surface area (Å²) in [5, 5.41) is 11.6. The molecule has 0 fully saturated rings. The highest BCUT2D eigenvalue weighted by Gasteiger charge is 2.09. The van der Waals surface area contributed by atoms with Gasteiger partial charge in [0.2, 0.25) is 0 Å². The second kappa shape index (κ2) is 4.57. The molecule has 0 bridgehead atoms. The average Bonchev–Trinajstić information content (AvgIpc) is 2.14.